The number of nitrogens with one attached hydrogen (secondary N) is 1. The Bertz CT molecular complexity index is 833. The van der Waals surface area contributed by atoms with Gasteiger partial charge in [-0.2, -0.15) is 0 Å². The summed E-state index contributed by atoms with van der Waals surface area (Å²) in [4.78, 5) is 19.3. The second-order valence-corrected chi connectivity index (χ2v) is 8.22. The van der Waals surface area contributed by atoms with Gasteiger partial charge in [0.15, 0.2) is 5.17 Å². The molecule has 0 bridgehead atoms. The second kappa shape index (κ2) is 6.71. The summed E-state index contributed by atoms with van der Waals surface area (Å²) in [5.41, 5.74) is 2.04. The van der Waals surface area contributed by atoms with Crippen LogP contribution in [0.2, 0.25) is 0 Å². The minimum Gasteiger partial charge on any atom is -0.341 e. The number of hydrogen-bond acceptors (Lipinski definition) is 4. The lowest BCUT2D eigenvalue weighted by Gasteiger charge is -2.35. The summed E-state index contributed by atoms with van der Waals surface area (Å²) >= 11 is 1.50. The van der Waals surface area contributed by atoms with Gasteiger partial charge in [-0.3, -0.25) is 4.79 Å². The van der Waals surface area contributed by atoms with Crippen molar-refractivity contribution in [1.82, 2.24) is 4.90 Å². The van der Waals surface area contributed by atoms with Gasteiger partial charge in [-0.05, 0) is 35.8 Å². The molecule has 2 heterocycles. The smallest absolute Gasteiger partial charge is 0.233 e. The van der Waals surface area contributed by atoms with Gasteiger partial charge in [0.05, 0.1) is 17.1 Å². The minimum atomic E-state index is 0.213. The highest BCUT2D eigenvalue weighted by molar-refractivity contribution is 8.14. The van der Waals surface area contributed by atoms with Gasteiger partial charge in [0.25, 0.3) is 0 Å². The van der Waals surface area contributed by atoms with E-state index in [-0.39, 0.29) is 5.91 Å². The fourth-order valence-electron chi connectivity index (χ4n) is 3.93. The number of amides is 1. The van der Waals surface area contributed by atoms with Gasteiger partial charge in [0.1, 0.15) is 0 Å². The number of benzene rings is 2. The average Bonchev–Trinajstić information content (AvgIpc) is 2.59. The number of carbonyl (C=O) groups excluding carboxylic acids is 1. The van der Waals surface area contributed by atoms with E-state index in [0.29, 0.717) is 17.6 Å². The van der Waals surface area contributed by atoms with Crippen molar-refractivity contribution in [2.45, 2.75) is 20.3 Å². The van der Waals surface area contributed by atoms with Gasteiger partial charge in [-0.1, -0.05) is 49.9 Å². The van der Waals surface area contributed by atoms with Gasteiger partial charge in [0.2, 0.25) is 5.91 Å². The lowest BCUT2D eigenvalue weighted by Crippen LogP contribution is -2.43. The molecule has 1 saturated heterocycles. The minimum absolute atomic E-state index is 0.213. The maximum absolute atomic E-state index is 12.6. The first-order valence-corrected chi connectivity index (χ1v) is 9.87. The predicted molar refractivity (Wildman–Crippen MR) is 107 cm³/mol. The lowest BCUT2D eigenvalue weighted by atomic mass is 9.92. The van der Waals surface area contributed by atoms with Crippen molar-refractivity contribution in [3.05, 3.63) is 36.4 Å². The molecular weight excluding hydrogens is 330 g/mol. The number of piperidine rings is 1. The van der Waals surface area contributed by atoms with Gasteiger partial charge in [0, 0.05) is 18.5 Å². The maximum Gasteiger partial charge on any atom is 0.233 e. The molecule has 130 valence electrons. The normalized spacial score (nSPS) is 22.5. The Hall–Kier alpha value is -2.01. The Balaban J connectivity index is 1.46. The van der Waals surface area contributed by atoms with Crippen LogP contribution in [-0.2, 0) is 4.79 Å². The summed E-state index contributed by atoms with van der Waals surface area (Å²) in [5.74, 6) is 1.83. The molecule has 2 aromatic carbocycles. The van der Waals surface area contributed by atoms with Crippen molar-refractivity contribution in [1.29, 1.82) is 0 Å². The van der Waals surface area contributed by atoms with Crippen molar-refractivity contribution in [3.63, 3.8) is 0 Å². The zero-order valence-corrected chi connectivity index (χ0v) is 15.5. The Labute approximate surface area is 152 Å². The highest BCUT2D eigenvalue weighted by Gasteiger charge is 2.25. The predicted octanol–water partition coefficient (Wildman–Crippen LogP) is 4.49. The molecule has 0 radical (unpaired) electrons. The zero-order chi connectivity index (χ0) is 17.4. The number of thioether (sulfide) groups is 1. The average molecular weight is 353 g/mol. The van der Waals surface area contributed by atoms with Crippen LogP contribution in [0.1, 0.15) is 20.3 Å². The molecule has 5 heteroatoms. The summed E-state index contributed by atoms with van der Waals surface area (Å²) in [6.45, 7) is 6.22. The van der Waals surface area contributed by atoms with Gasteiger partial charge >= 0.3 is 0 Å². The second-order valence-electron chi connectivity index (χ2n) is 7.26. The molecule has 1 amide bonds. The molecule has 0 saturated carbocycles. The van der Waals surface area contributed by atoms with Crippen LogP contribution in [0, 0.1) is 11.8 Å². The van der Waals surface area contributed by atoms with Crippen molar-refractivity contribution >= 4 is 45.0 Å². The van der Waals surface area contributed by atoms with Crippen LogP contribution in [0.25, 0.3) is 10.8 Å². The molecule has 1 N–H and O–H groups in total. The Kier molecular flexibility index (Phi) is 4.42. The highest BCUT2D eigenvalue weighted by Crippen LogP contribution is 2.37. The number of carbonyl (C=O) groups is 1. The van der Waals surface area contributed by atoms with E-state index in [9.17, 15) is 4.79 Å². The van der Waals surface area contributed by atoms with E-state index < -0.39 is 0 Å². The summed E-state index contributed by atoms with van der Waals surface area (Å²) in [5, 5.41) is 6.52. The number of nitrogens with zero attached hydrogens (tertiary/aromatic N) is 2. The first kappa shape index (κ1) is 16.5. The molecule has 4 nitrogen and oxygen atoms in total. The standard InChI is InChI=1S/C20H23N3OS/c1-13-9-14(2)11-23(10-13)18(24)12-25-20-21-16-7-3-5-15-6-4-8-17(22-20)19(15)16/h3-8,13-14H,9-12H2,1-2H3,(H,21,22)/t13-,14+. The Morgan fingerprint density at radius 2 is 1.92 bits per heavy atom. The largest absolute Gasteiger partial charge is 0.341 e. The number of likely N-dealkylation sites (tertiary alicyclic amines) is 1. The summed E-state index contributed by atoms with van der Waals surface area (Å²) < 4.78 is 0. The monoisotopic (exact) mass is 353 g/mol. The van der Waals surface area contributed by atoms with Gasteiger partial charge < -0.3 is 10.2 Å². The van der Waals surface area contributed by atoms with E-state index in [2.05, 4.69) is 37.4 Å². The van der Waals surface area contributed by atoms with Crippen LogP contribution < -0.4 is 5.32 Å². The Morgan fingerprint density at radius 3 is 2.68 bits per heavy atom. The van der Waals surface area contributed by atoms with Gasteiger partial charge in [-0.15, -0.1) is 0 Å². The van der Waals surface area contributed by atoms with E-state index in [1.807, 2.05) is 23.1 Å². The molecule has 0 aromatic heterocycles. The Morgan fingerprint density at radius 1 is 1.20 bits per heavy atom. The quantitative estimate of drug-likeness (QED) is 0.865. The first-order valence-electron chi connectivity index (χ1n) is 8.88. The number of rotatable bonds is 2. The molecule has 2 aliphatic heterocycles. The van der Waals surface area contributed by atoms with E-state index in [1.54, 1.807) is 0 Å². The van der Waals surface area contributed by atoms with Crippen molar-refractivity contribution < 1.29 is 4.79 Å². The molecule has 25 heavy (non-hydrogen) atoms. The number of hydrogen-bond donors (Lipinski definition) is 1. The van der Waals surface area contributed by atoms with E-state index in [0.717, 1.165) is 35.0 Å². The van der Waals surface area contributed by atoms with Crippen molar-refractivity contribution in [2.75, 3.05) is 24.2 Å². The SMILES string of the molecule is C[C@@H]1C[C@H](C)CN(C(=O)CSC2=Nc3cccc4cccc(c34)N2)C1. The molecule has 2 aliphatic rings. The molecule has 0 unspecified atom stereocenters. The van der Waals surface area contributed by atoms with E-state index in [1.165, 1.54) is 23.6 Å². The van der Waals surface area contributed by atoms with Gasteiger partial charge in [-0.25, -0.2) is 4.99 Å². The van der Waals surface area contributed by atoms with Crippen molar-refractivity contribution in [2.24, 2.45) is 16.8 Å². The van der Waals surface area contributed by atoms with Crippen LogP contribution in [0.5, 0.6) is 0 Å². The molecule has 4 rings (SSSR count). The number of anilines is 1. The van der Waals surface area contributed by atoms with E-state index >= 15 is 0 Å². The lowest BCUT2D eigenvalue weighted by molar-refractivity contribution is -0.130. The van der Waals surface area contributed by atoms with Crippen LogP contribution in [0.4, 0.5) is 11.4 Å². The summed E-state index contributed by atoms with van der Waals surface area (Å²) in [7, 11) is 0. The third kappa shape index (κ3) is 3.38. The van der Waals surface area contributed by atoms with Crippen LogP contribution in [0.3, 0.4) is 0 Å². The molecule has 0 spiro atoms. The first-order chi connectivity index (χ1) is 12.1. The topological polar surface area (TPSA) is 44.7 Å². The molecule has 2 atom stereocenters. The number of aliphatic imine (C=N–C) groups is 1. The van der Waals surface area contributed by atoms with Crippen LogP contribution in [0.15, 0.2) is 41.4 Å². The number of amidine groups is 1. The third-order valence-corrected chi connectivity index (χ3v) is 5.76. The third-order valence-electron chi connectivity index (χ3n) is 4.90. The maximum atomic E-state index is 12.6. The highest BCUT2D eigenvalue weighted by atomic mass is 32.2. The fourth-order valence-corrected chi connectivity index (χ4v) is 4.72. The summed E-state index contributed by atoms with van der Waals surface area (Å²) in [6.07, 6.45) is 1.21. The van der Waals surface area contributed by atoms with Crippen LogP contribution in [-0.4, -0.2) is 34.8 Å². The molecular formula is C20H23N3OS. The fraction of sp³-hybridized carbons (Fsp3) is 0.400. The zero-order valence-electron chi connectivity index (χ0n) is 14.7. The van der Waals surface area contributed by atoms with E-state index in [4.69, 9.17) is 4.99 Å². The van der Waals surface area contributed by atoms with Crippen LogP contribution >= 0.6 is 11.8 Å². The molecule has 0 aliphatic carbocycles. The molecule has 2 aromatic rings. The molecule has 1 fully saturated rings. The van der Waals surface area contributed by atoms with Crippen molar-refractivity contribution in [3.8, 4) is 0 Å². The summed E-state index contributed by atoms with van der Waals surface area (Å²) in [6, 6.07) is 12.4.